The maximum atomic E-state index is 11.7. The maximum absolute atomic E-state index is 11.7. The van der Waals surface area contributed by atoms with E-state index in [0.717, 1.165) is 25.7 Å². The van der Waals surface area contributed by atoms with Crippen LogP contribution in [-0.4, -0.2) is 18.7 Å². The molecule has 0 radical (unpaired) electrons. The predicted octanol–water partition coefficient (Wildman–Crippen LogP) is 4.77. The van der Waals surface area contributed by atoms with Crippen molar-refractivity contribution < 1.29 is 29.1 Å². The normalized spacial score (nSPS) is 10.2. The molecule has 0 atom stereocenters. The van der Waals surface area contributed by atoms with Crippen LogP contribution in [0, 0.1) is 0 Å². The van der Waals surface area contributed by atoms with Crippen LogP contribution in [0.2, 0.25) is 0 Å². The second-order valence-electron chi connectivity index (χ2n) is 5.48. The van der Waals surface area contributed by atoms with Crippen LogP contribution in [0.4, 0.5) is 4.79 Å². The van der Waals surface area contributed by atoms with E-state index in [4.69, 9.17) is 0 Å². The van der Waals surface area contributed by atoms with Gasteiger partial charge >= 0.3 is 12.1 Å². The molecule has 1 rings (SSSR count). The third kappa shape index (κ3) is 8.53. The van der Waals surface area contributed by atoms with Crippen molar-refractivity contribution in [3.8, 4) is 0 Å². The van der Waals surface area contributed by atoms with E-state index >= 15 is 0 Å². The van der Waals surface area contributed by atoms with Crippen molar-refractivity contribution in [2.75, 3.05) is 6.61 Å². The summed E-state index contributed by atoms with van der Waals surface area (Å²) in [6.07, 6.45) is 6.34. The van der Waals surface area contributed by atoms with E-state index in [9.17, 15) is 9.59 Å². The molecule has 0 unspecified atom stereocenters. The monoisotopic (exact) mass is 338 g/mol. The lowest BCUT2D eigenvalue weighted by molar-refractivity contribution is -0.452. The van der Waals surface area contributed by atoms with Crippen LogP contribution in [0.25, 0.3) is 0 Å². The number of carbonyl (C=O) groups is 2. The first kappa shape index (κ1) is 20.0. The average molecular weight is 338 g/mol. The van der Waals surface area contributed by atoms with Gasteiger partial charge in [-0.1, -0.05) is 51.7 Å². The zero-order valence-electron chi connectivity index (χ0n) is 14.4. The first-order valence-electron chi connectivity index (χ1n) is 8.48. The molecule has 6 nitrogen and oxygen atoms in total. The molecule has 0 aliphatic heterocycles. The fraction of sp³-hybridized carbons (Fsp3) is 0.556. The second-order valence-corrected chi connectivity index (χ2v) is 5.48. The minimum atomic E-state index is -1.04. The van der Waals surface area contributed by atoms with Crippen LogP contribution >= 0.6 is 0 Å². The molecular weight excluding hydrogens is 312 g/mol. The molecule has 0 fully saturated rings. The molecule has 0 heterocycles. The van der Waals surface area contributed by atoms with E-state index in [2.05, 4.69) is 26.5 Å². The predicted molar refractivity (Wildman–Crippen MR) is 88.1 cm³/mol. The molecule has 0 bridgehead atoms. The van der Waals surface area contributed by atoms with Crippen LogP contribution < -0.4 is 0 Å². The van der Waals surface area contributed by atoms with Gasteiger partial charge in [-0.05, 0) is 37.0 Å². The van der Waals surface area contributed by atoms with Crippen LogP contribution in [-0.2, 0) is 26.0 Å². The average Bonchev–Trinajstić information content (AvgIpc) is 2.59. The molecule has 0 aromatic heterocycles. The number of aryl methyl sites for hydroxylation is 1. The molecule has 0 amide bonds. The molecule has 0 aliphatic rings. The topological polar surface area (TPSA) is 71.1 Å². The van der Waals surface area contributed by atoms with Gasteiger partial charge in [0.2, 0.25) is 0 Å². The summed E-state index contributed by atoms with van der Waals surface area (Å²) in [7, 11) is 0. The van der Waals surface area contributed by atoms with Gasteiger partial charge in [-0.2, -0.15) is 0 Å². The second kappa shape index (κ2) is 12.4. The van der Waals surface area contributed by atoms with E-state index in [-0.39, 0.29) is 6.61 Å². The highest BCUT2D eigenvalue weighted by Crippen LogP contribution is 2.11. The minimum Gasteiger partial charge on any atom is -0.432 e. The van der Waals surface area contributed by atoms with E-state index in [0.29, 0.717) is 5.56 Å². The molecule has 24 heavy (non-hydrogen) atoms. The Morgan fingerprint density at radius 1 is 0.875 bits per heavy atom. The van der Waals surface area contributed by atoms with Crippen molar-refractivity contribution in [3.05, 3.63) is 35.4 Å². The molecule has 1 aromatic rings. The largest absolute Gasteiger partial charge is 0.543 e. The van der Waals surface area contributed by atoms with Gasteiger partial charge in [-0.3, -0.25) is 4.89 Å². The smallest absolute Gasteiger partial charge is 0.432 e. The third-order valence-corrected chi connectivity index (χ3v) is 3.44. The van der Waals surface area contributed by atoms with Gasteiger partial charge in [0.25, 0.3) is 0 Å². The first-order valence-corrected chi connectivity index (χ1v) is 8.48. The van der Waals surface area contributed by atoms with Gasteiger partial charge in [-0.25, -0.2) is 14.5 Å². The van der Waals surface area contributed by atoms with Gasteiger partial charge in [0.05, 0.1) is 17.2 Å². The van der Waals surface area contributed by atoms with Crippen molar-refractivity contribution in [2.45, 2.75) is 58.8 Å². The van der Waals surface area contributed by atoms with Gasteiger partial charge in [0, 0.05) is 0 Å². The summed E-state index contributed by atoms with van der Waals surface area (Å²) in [5.41, 5.74) is 1.48. The summed E-state index contributed by atoms with van der Waals surface area (Å²) in [5, 5.41) is 4.14. The Balaban J connectivity index is 2.26. The van der Waals surface area contributed by atoms with Gasteiger partial charge < -0.3 is 4.74 Å². The van der Waals surface area contributed by atoms with Crippen molar-refractivity contribution in [1.29, 1.82) is 0 Å². The number of hydrogen-bond donors (Lipinski definition) is 0. The summed E-state index contributed by atoms with van der Waals surface area (Å²) in [6, 6.07) is 7.06. The highest BCUT2D eigenvalue weighted by Gasteiger charge is 2.12. The Morgan fingerprint density at radius 2 is 1.58 bits per heavy atom. The molecule has 0 aliphatic carbocycles. The van der Waals surface area contributed by atoms with E-state index in [1.807, 2.05) is 19.1 Å². The lowest BCUT2D eigenvalue weighted by atomic mass is 10.0. The summed E-state index contributed by atoms with van der Waals surface area (Å²) in [6.45, 7) is 4.37. The standard InChI is InChI=1S/C18H26O6/c1-3-5-7-8-9-15-10-12-16(13-11-15)17(19)22-24-23-18(20)21-14-6-4-2/h10-13H,3-9,14H2,1-2H3. The number of ether oxygens (including phenoxy) is 1. The summed E-state index contributed by atoms with van der Waals surface area (Å²) >= 11 is 0. The van der Waals surface area contributed by atoms with Crippen molar-refractivity contribution in [2.24, 2.45) is 0 Å². The molecule has 1 aromatic carbocycles. The fourth-order valence-corrected chi connectivity index (χ4v) is 2.01. The molecule has 0 saturated heterocycles. The quantitative estimate of drug-likeness (QED) is 0.250. The summed E-state index contributed by atoms with van der Waals surface area (Å²) in [5.74, 6) is -0.742. The SMILES string of the molecule is CCCCCCc1ccc(C(=O)OOOC(=O)OCCCC)cc1. The third-order valence-electron chi connectivity index (χ3n) is 3.44. The molecule has 134 valence electrons. The van der Waals surface area contributed by atoms with Crippen molar-refractivity contribution >= 4 is 12.1 Å². The zero-order chi connectivity index (χ0) is 17.6. The molecule has 0 N–H and O–H groups in total. The number of carbonyl (C=O) groups excluding carboxylic acids is 2. The van der Waals surface area contributed by atoms with E-state index in [1.54, 1.807) is 12.1 Å². The number of benzene rings is 1. The first-order chi connectivity index (χ1) is 11.7. The molecule has 6 heteroatoms. The number of unbranched alkanes of at least 4 members (excludes halogenated alkanes) is 4. The Labute approximate surface area is 142 Å². The van der Waals surface area contributed by atoms with Crippen molar-refractivity contribution in [1.82, 2.24) is 0 Å². The highest BCUT2D eigenvalue weighted by atomic mass is 17.5. The molecule has 0 saturated carbocycles. The number of rotatable bonds is 11. The van der Waals surface area contributed by atoms with Gasteiger partial charge in [0.1, 0.15) is 0 Å². The lowest BCUT2D eigenvalue weighted by Crippen LogP contribution is -2.12. The minimum absolute atomic E-state index is 0.229. The van der Waals surface area contributed by atoms with Gasteiger partial charge in [0.15, 0.2) is 0 Å². The maximum Gasteiger partial charge on any atom is 0.543 e. The van der Waals surface area contributed by atoms with Crippen LogP contribution in [0.3, 0.4) is 0 Å². The summed E-state index contributed by atoms with van der Waals surface area (Å²) < 4.78 is 4.66. The Morgan fingerprint density at radius 3 is 2.25 bits per heavy atom. The van der Waals surface area contributed by atoms with Crippen LogP contribution in [0.5, 0.6) is 0 Å². The molecule has 0 spiro atoms. The Hall–Kier alpha value is -2.08. The van der Waals surface area contributed by atoms with E-state index < -0.39 is 12.1 Å². The summed E-state index contributed by atoms with van der Waals surface area (Å²) in [4.78, 5) is 31.4. The fourth-order valence-electron chi connectivity index (χ4n) is 2.01. The zero-order valence-corrected chi connectivity index (χ0v) is 14.4. The lowest BCUT2D eigenvalue weighted by Gasteiger charge is -2.04. The van der Waals surface area contributed by atoms with Crippen molar-refractivity contribution in [3.63, 3.8) is 0 Å². The van der Waals surface area contributed by atoms with E-state index in [1.165, 1.54) is 24.8 Å². The van der Waals surface area contributed by atoms with Crippen LogP contribution in [0.1, 0.15) is 68.3 Å². The molecular formula is C18H26O6. The highest BCUT2D eigenvalue weighted by molar-refractivity contribution is 5.88. The van der Waals surface area contributed by atoms with Gasteiger partial charge in [-0.15, -0.1) is 0 Å². The Kier molecular flexibility index (Phi) is 10.3. The Bertz CT molecular complexity index is 483. The van der Waals surface area contributed by atoms with Crippen LogP contribution in [0.15, 0.2) is 24.3 Å². The number of hydrogen-bond acceptors (Lipinski definition) is 6.